The standard InChI is InChI=1S/C27H17BrClN3O/c28-19-8-1-16(2-9-19)3-12-21-13-6-18-7-14-22-24(17-4-10-20(29)11-5-17)23(15-30)27(31)33-26(22)25(18)32-21/h1-14,24H,31H2/b12-3+. The lowest BCUT2D eigenvalue weighted by molar-refractivity contribution is 0.397. The Morgan fingerprint density at radius 1 is 0.970 bits per heavy atom. The van der Waals surface area contributed by atoms with Crippen molar-refractivity contribution in [2.24, 2.45) is 5.73 Å². The van der Waals surface area contributed by atoms with Crippen LogP contribution in [0.25, 0.3) is 23.1 Å². The van der Waals surface area contributed by atoms with E-state index < -0.39 is 0 Å². The monoisotopic (exact) mass is 513 g/mol. The number of allylic oxidation sites excluding steroid dienone is 1. The van der Waals surface area contributed by atoms with Crippen molar-refractivity contribution in [1.82, 2.24) is 4.98 Å². The Kier molecular flexibility index (Phi) is 5.63. The smallest absolute Gasteiger partial charge is 0.205 e. The molecule has 1 aliphatic rings. The van der Waals surface area contributed by atoms with Gasteiger partial charge in [-0.25, -0.2) is 4.98 Å². The van der Waals surface area contributed by atoms with Crippen LogP contribution in [0.15, 0.2) is 88.7 Å². The summed E-state index contributed by atoms with van der Waals surface area (Å²) in [7, 11) is 0. The van der Waals surface area contributed by atoms with Gasteiger partial charge in [-0.3, -0.25) is 0 Å². The molecule has 0 aliphatic carbocycles. The molecule has 1 aliphatic heterocycles. The molecule has 0 saturated carbocycles. The number of ether oxygens (including phenoxy) is 1. The van der Waals surface area contributed by atoms with Crippen LogP contribution in [0.4, 0.5) is 0 Å². The molecule has 4 nitrogen and oxygen atoms in total. The molecule has 4 aromatic rings. The van der Waals surface area contributed by atoms with Crippen LogP contribution >= 0.6 is 27.5 Å². The number of hydrogen-bond donors (Lipinski definition) is 1. The fourth-order valence-corrected chi connectivity index (χ4v) is 4.35. The van der Waals surface area contributed by atoms with E-state index in [2.05, 4.69) is 22.0 Å². The lowest BCUT2D eigenvalue weighted by Crippen LogP contribution is -2.21. The highest BCUT2D eigenvalue weighted by Gasteiger charge is 2.32. The van der Waals surface area contributed by atoms with Crippen LogP contribution in [0.2, 0.25) is 5.02 Å². The van der Waals surface area contributed by atoms with Crippen molar-refractivity contribution in [3.63, 3.8) is 0 Å². The second-order valence-corrected chi connectivity index (χ2v) is 9.01. The molecule has 5 rings (SSSR count). The maximum absolute atomic E-state index is 9.80. The summed E-state index contributed by atoms with van der Waals surface area (Å²) < 4.78 is 7.00. The lowest BCUT2D eigenvalue weighted by Gasteiger charge is -2.27. The number of nitrogens with zero attached hydrogens (tertiary/aromatic N) is 2. The zero-order chi connectivity index (χ0) is 22.9. The normalized spacial score (nSPS) is 15.4. The fourth-order valence-electron chi connectivity index (χ4n) is 3.96. The highest BCUT2D eigenvalue weighted by atomic mass is 79.9. The van der Waals surface area contributed by atoms with Gasteiger partial charge in [0.15, 0.2) is 5.75 Å². The minimum atomic E-state index is -0.357. The van der Waals surface area contributed by atoms with Crippen LogP contribution in [-0.2, 0) is 0 Å². The molecule has 160 valence electrons. The molecule has 0 saturated heterocycles. The Labute approximate surface area is 204 Å². The number of halogens is 2. The highest BCUT2D eigenvalue weighted by Crippen LogP contribution is 2.45. The van der Waals surface area contributed by atoms with Crippen LogP contribution < -0.4 is 10.5 Å². The maximum Gasteiger partial charge on any atom is 0.205 e. The molecule has 1 atom stereocenters. The van der Waals surface area contributed by atoms with Gasteiger partial charge < -0.3 is 10.5 Å². The van der Waals surface area contributed by atoms with Gasteiger partial charge in [-0.2, -0.15) is 5.26 Å². The summed E-state index contributed by atoms with van der Waals surface area (Å²) in [4.78, 5) is 4.85. The molecule has 2 N–H and O–H groups in total. The molecule has 2 heterocycles. The van der Waals surface area contributed by atoms with Crippen molar-refractivity contribution < 1.29 is 4.74 Å². The Morgan fingerprint density at radius 2 is 1.70 bits per heavy atom. The van der Waals surface area contributed by atoms with E-state index in [1.165, 1.54) is 0 Å². The average molecular weight is 515 g/mol. The molecule has 1 aromatic heterocycles. The summed E-state index contributed by atoms with van der Waals surface area (Å²) in [6, 6.07) is 25.6. The third-order valence-corrected chi connectivity index (χ3v) is 6.37. The van der Waals surface area contributed by atoms with Crippen LogP contribution in [0.1, 0.15) is 28.3 Å². The molecule has 0 bridgehead atoms. The summed E-state index contributed by atoms with van der Waals surface area (Å²) in [5, 5.41) is 11.4. The number of nitriles is 1. The van der Waals surface area contributed by atoms with E-state index in [1.807, 2.05) is 84.9 Å². The largest absolute Gasteiger partial charge is 0.438 e. The Hall–Kier alpha value is -3.59. The maximum atomic E-state index is 9.80. The quantitative estimate of drug-likeness (QED) is 0.318. The van der Waals surface area contributed by atoms with Crippen molar-refractivity contribution in [2.45, 2.75) is 5.92 Å². The van der Waals surface area contributed by atoms with Crippen LogP contribution in [0.3, 0.4) is 0 Å². The van der Waals surface area contributed by atoms with E-state index in [4.69, 9.17) is 27.1 Å². The number of benzene rings is 3. The fraction of sp³-hybridized carbons (Fsp3) is 0.0370. The van der Waals surface area contributed by atoms with Crippen molar-refractivity contribution in [3.05, 3.63) is 116 Å². The summed E-state index contributed by atoms with van der Waals surface area (Å²) in [5.74, 6) is 0.307. The zero-order valence-electron chi connectivity index (χ0n) is 17.3. The Bertz CT molecular complexity index is 1470. The van der Waals surface area contributed by atoms with Crippen LogP contribution in [-0.4, -0.2) is 4.98 Å². The second kappa shape index (κ2) is 8.74. The predicted octanol–water partition coefficient (Wildman–Crippen LogP) is 7.04. The first-order valence-corrected chi connectivity index (χ1v) is 11.4. The first kappa shape index (κ1) is 21.3. The summed E-state index contributed by atoms with van der Waals surface area (Å²) >= 11 is 9.53. The van der Waals surface area contributed by atoms with Gasteiger partial charge in [-0.1, -0.05) is 76.1 Å². The van der Waals surface area contributed by atoms with Gasteiger partial charge in [-0.05, 0) is 47.5 Å². The van der Waals surface area contributed by atoms with Gasteiger partial charge in [0.05, 0.1) is 11.6 Å². The Balaban J connectivity index is 1.62. The van der Waals surface area contributed by atoms with E-state index in [0.717, 1.165) is 32.2 Å². The van der Waals surface area contributed by atoms with Gasteiger partial charge in [-0.15, -0.1) is 0 Å². The van der Waals surface area contributed by atoms with E-state index in [0.29, 0.717) is 21.9 Å². The number of nitrogens with two attached hydrogens (primary N) is 1. The van der Waals surface area contributed by atoms with Gasteiger partial charge in [0.2, 0.25) is 5.88 Å². The van der Waals surface area contributed by atoms with Gasteiger partial charge in [0.1, 0.15) is 17.2 Å². The molecule has 6 heteroatoms. The Morgan fingerprint density at radius 3 is 2.42 bits per heavy atom. The topological polar surface area (TPSA) is 71.9 Å². The van der Waals surface area contributed by atoms with Gasteiger partial charge in [0.25, 0.3) is 0 Å². The second-order valence-electron chi connectivity index (χ2n) is 7.65. The third-order valence-electron chi connectivity index (χ3n) is 5.59. The first-order valence-electron chi connectivity index (χ1n) is 10.2. The van der Waals surface area contributed by atoms with Gasteiger partial charge >= 0.3 is 0 Å². The molecule has 33 heavy (non-hydrogen) atoms. The molecule has 0 spiro atoms. The number of aromatic nitrogens is 1. The number of fused-ring (bicyclic) bond motifs is 3. The average Bonchev–Trinajstić information content (AvgIpc) is 2.83. The molecule has 0 amide bonds. The summed E-state index contributed by atoms with van der Waals surface area (Å²) in [6.45, 7) is 0. The van der Waals surface area contributed by atoms with Crippen molar-refractivity contribution >= 4 is 50.6 Å². The summed E-state index contributed by atoms with van der Waals surface area (Å²) in [6.07, 6.45) is 3.97. The molecular formula is C27H17BrClN3O. The minimum Gasteiger partial charge on any atom is -0.438 e. The first-order chi connectivity index (χ1) is 16.0. The van der Waals surface area contributed by atoms with Crippen molar-refractivity contribution in [1.29, 1.82) is 5.26 Å². The van der Waals surface area contributed by atoms with Crippen LogP contribution in [0, 0.1) is 11.3 Å². The van der Waals surface area contributed by atoms with E-state index >= 15 is 0 Å². The minimum absolute atomic E-state index is 0.0926. The zero-order valence-corrected chi connectivity index (χ0v) is 19.6. The predicted molar refractivity (Wildman–Crippen MR) is 136 cm³/mol. The summed E-state index contributed by atoms with van der Waals surface area (Å²) in [5.41, 5.74) is 10.9. The van der Waals surface area contributed by atoms with Crippen molar-refractivity contribution in [2.75, 3.05) is 0 Å². The number of pyridine rings is 1. The molecule has 1 unspecified atom stereocenters. The van der Waals surface area contributed by atoms with Crippen LogP contribution in [0.5, 0.6) is 5.75 Å². The van der Waals surface area contributed by atoms with E-state index in [1.54, 1.807) is 0 Å². The third kappa shape index (κ3) is 4.11. The molecular weight excluding hydrogens is 498 g/mol. The van der Waals surface area contributed by atoms with E-state index in [9.17, 15) is 5.26 Å². The van der Waals surface area contributed by atoms with E-state index in [-0.39, 0.29) is 11.8 Å². The lowest BCUT2D eigenvalue weighted by atomic mass is 9.83. The molecule has 0 radical (unpaired) electrons. The number of rotatable bonds is 3. The molecule has 3 aromatic carbocycles. The van der Waals surface area contributed by atoms with Gasteiger partial charge in [0, 0.05) is 20.4 Å². The SMILES string of the molecule is N#CC1=C(N)Oc2c(ccc3ccc(/C=C/c4ccc(Br)cc4)nc23)C1c1ccc(Cl)cc1. The number of hydrogen-bond acceptors (Lipinski definition) is 4. The highest BCUT2D eigenvalue weighted by molar-refractivity contribution is 9.10. The van der Waals surface area contributed by atoms with Crippen molar-refractivity contribution in [3.8, 4) is 11.8 Å². The molecule has 0 fully saturated rings.